The molecule has 2 rings (SSSR count). The van der Waals surface area contributed by atoms with E-state index in [9.17, 15) is 4.79 Å². The quantitative estimate of drug-likeness (QED) is 0.725. The number of ketones is 1. The summed E-state index contributed by atoms with van der Waals surface area (Å²) in [6.07, 6.45) is 3.44. The fourth-order valence-electron chi connectivity index (χ4n) is 2.33. The smallest absolute Gasteiger partial charge is 0.193 e. The molecule has 0 spiro atoms. The first-order valence-electron chi connectivity index (χ1n) is 7.44. The molecule has 0 saturated carbocycles. The summed E-state index contributed by atoms with van der Waals surface area (Å²) in [6, 6.07) is 13.5. The Labute approximate surface area is 126 Å². The van der Waals surface area contributed by atoms with Crippen molar-refractivity contribution in [2.24, 2.45) is 0 Å². The van der Waals surface area contributed by atoms with E-state index in [2.05, 4.69) is 6.92 Å². The molecular weight excluding hydrogens is 260 g/mol. The lowest BCUT2D eigenvalue weighted by atomic mass is 9.99. The predicted octanol–water partition coefficient (Wildman–Crippen LogP) is 4.58. The van der Waals surface area contributed by atoms with Crippen molar-refractivity contribution in [3.63, 3.8) is 0 Å². The lowest BCUT2D eigenvalue weighted by Gasteiger charge is -2.08. The van der Waals surface area contributed by atoms with E-state index in [1.165, 1.54) is 18.4 Å². The molecule has 0 aliphatic rings. The molecule has 0 aromatic heterocycles. The molecule has 0 aliphatic carbocycles. The van der Waals surface area contributed by atoms with Crippen LogP contribution in [0.3, 0.4) is 0 Å². The summed E-state index contributed by atoms with van der Waals surface area (Å²) in [4.78, 5) is 12.5. The van der Waals surface area contributed by atoms with E-state index in [-0.39, 0.29) is 5.78 Å². The van der Waals surface area contributed by atoms with E-state index in [0.29, 0.717) is 5.56 Å². The Morgan fingerprint density at radius 1 is 1.05 bits per heavy atom. The molecule has 0 unspecified atom stereocenters. The molecule has 0 aliphatic heterocycles. The molecule has 0 N–H and O–H groups in total. The minimum Gasteiger partial charge on any atom is -0.496 e. The van der Waals surface area contributed by atoms with E-state index < -0.39 is 0 Å². The predicted molar refractivity (Wildman–Crippen MR) is 86.2 cm³/mol. The second kappa shape index (κ2) is 7.07. The summed E-state index contributed by atoms with van der Waals surface area (Å²) in [6.45, 7) is 4.15. The average molecular weight is 282 g/mol. The summed E-state index contributed by atoms with van der Waals surface area (Å²) >= 11 is 0. The third kappa shape index (κ3) is 3.72. The maximum Gasteiger partial charge on any atom is 0.193 e. The van der Waals surface area contributed by atoms with Gasteiger partial charge in [-0.3, -0.25) is 4.79 Å². The van der Waals surface area contributed by atoms with Crippen LogP contribution in [0.1, 0.15) is 46.8 Å². The van der Waals surface area contributed by atoms with Gasteiger partial charge in [-0.25, -0.2) is 0 Å². The molecule has 0 bridgehead atoms. The van der Waals surface area contributed by atoms with Gasteiger partial charge in [0, 0.05) is 11.1 Å². The topological polar surface area (TPSA) is 26.3 Å². The van der Waals surface area contributed by atoms with Crippen molar-refractivity contribution in [3.8, 4) is 5.75 Å². The second-order valence-electron chi connectivity index (χ2n) is 5.31. The normalized spacial score (nSPS) is 10.4. The molecular formula is C19H22O2. The molecule has 0 heterocycles. The number of hydrogen-bond donors (Lipinski definition) is 0. The van der Waals surface area contributed by atoms with E-state index >= 15 is 0 Å². The largest absolute Gasteiger partial charge is 0.496 e. The second-order valence-corrected chi connectivity index (χ2v) is 5.31. The van der Waals surface area contributed by atoms with E-state index in [1.54, 1.807) is 7.11 Å². The number of carbonyl (C=O) groups excluding carboxylic acids is 1. The van der Waals surface area contributed by atoms with Crippen LogP contribution >= 0.6 is 0 Å². The first-order valence-corrected chi connectivity index (χ1v) is 7.44. The average Bonchev–Trinajstić information content (AvgIpc) is 2.53. The number of carbonyl (C=O) groups is 1. The number of methoxy groups -OCH3 is 1. The van der Waals surface area contributed by atoms with Crippen LogP contribution in [0, 0.1) is 6.92 Å². The Bertz CT molecular complexity index is 612. The first-order chi connectivity index (χ1) is 10.2. The Morgan fingerprint density at radius 3 is 2.33 bits per heavy atom. The monoisotopic (exact) mass is 282 g/mol. The highest BCUT2D eigenvalue weighted by atomic mass is 16.5. The number of aryl methyl sites for hydroxylation is 2. The lowest BCUT2D eigenvalue weighted by Crippen LogP contribution is -2.02. The van der Waals surface area contributed by atoms with Gasteiger partial charge in [-0.1, -0.05) is 49.7 Å². The van der Waals surface area contributed by atoms with Crippen LogP contribution in [0.15, 0.2) is 42.5 Å². The zero-order valence-corrected chi connectivity index (χ0v) is 13.0. The standard InChI is InChI=1S/C19H22O2/c1-4-5-6-15-8-11-16(12-9-15)19(20)17-10-7-14(2)18(13-17)21-3/h7-13H,4-6H2,1-3H3. The van der Waals surface area contributed by atoms with Crippen LogP contribution in [-0.2, 0) is 6.42 Å². The zero-order valence-electron chi connectivity index (χ0n) is 13.0. The van der Waals surface area contributed by atoms with Crippen molar-refractivity contribution in [2.45, 2.75) is 33.1 Å². The van der Waals surface area contributed by atoms with E-state index in [0.717, 1.165) is 23.3 Å². The Balaban J connectivity index is 2.19. The van der Waals surface area contributed by atoms with Crippen molar-refractivity contribution >= 4 is 5.78 Å². The molecule has 21 heavy (non-hydrogen) atoms. The van der Waals surface area contributed by atoms with Gasteiger partial charge in [0.1, 0.15) is 5.75 Å². The van der Waals surface area contributed by atoms with Gasteiger partial charge in [-0.05, 0) is 37.0 Å². The van der Waals surface area contributed by atoms with Crippen LogP contribution < -0.4 is 4.74 Å². The lowest BCUT2D eigenvalue weighted by molar-refractivity contribution is 0.103. The SMILES string of the molecule is CCCCc1ccc(C(=O)c2ccc(C)c(OC)c2)cc1. The van der Waals surface area contributed by atoms with Crippen LogP contribution in [-0.4, -0.2) is 12.9 Å². The van der Waals surface area contributed by atoms with Gasteiger partial charge in [0.2, 0.25) is 0 Å². The molecule has 0 amide bonds. The molecule has 110 valence electrons. The fraction of sp³-hybridized carbons (Fsp3) is 0.316. The maximum absolute atomic E-state index is 12.5. The van der Waals surface area contributed by atoms with Crippen molar-refractivity contribution in [3.05, 3.63) is 64.7 Å². The summed E-state index contributed by atoms with van der Waals surface area (Å²) in [5.74, 6) is 0.788. The van der Waals surface area contributed by atoms with Gasteiger partial charge in [0.25, 0.3) is 0 Å². The van der Waals surface area contributed by atoms with Crippen molar-refractivity contribution < 1.29 is 9.53 Å². The molecule has 2 aromatic rings. The maximum atomic E-state index is 12.5. The van der Waals surface area contributed by atoms with E-state index in [4.69, 9.17) is 4.74 Å². The van der Waals surface area contributed by atoms with Crippen LogP contribution in [0.4, 0.5) is 0 Å². The number of unbranched alkanes of at least 4 members (excludes halogenated alkanes) is 1. The molecule has 0 fully saturated rings. The Kier molecular flexibility index (Phi) is 5.15. The van der Waals surface area contributed by atoms with Gasteiger partial charge < -0.3 is 4.74 Å². The summed E-state index contributed by atoms with van der Waals surface area (Å²) < 4.78 is 5.28. The van der Waals surface area contributed by atoms with Crippen LogP contribution in [0.5, 0.6) is 5.75 Å². The molecule has 2 aromatic carbocycles. The Morgan fingerprint density at radius 2 is 1.71 bits per heavy atom. The minimum atomic E-state index is 0.0374. The van der Waals surface area contributed by atoms with Crippen LogP contribution in [0.25, 0.3) is 0 Å². The number of benzene rings is 2. The van der Waals surface area contributed by atoms with Gasteiger partial charge in [0.15, 0.2) is 5.78 Å². The minimum absolute atomic E-state index is 0.0374. The summed E-state index contributed by atoms with van der Waals surface area (Å²) in [7, 11) is 1.62. The summed E-state index contributed by atoms with van der Waals surface area (Å²) in [5, 5.41) is 0. The van der Waals surface area contributed by atoms with Gasteiger partial charge in [-0.2, -0.15) is 0 Å². The highest BCUT2D eigenvalue weighted by molar-refractivity contribution is 6.09. The fourth-order valence-corrected chi connectivity index (χ4v) is 2.33. The van der Waals surface area contributed by atoms with Crippen molar-refractivity contribution in [1.29, 1.82) is 0 Å². The number of ether oxygens (including phenoxy) is 1. The molecule has 2 nitrogen and oxygen atoms in total. The van der Waals surface area contributed by atoms with Crippen molar-refractivity contribution in [1.82, 2.24) is 0 Å². The molecule has 0 radical (unpaired) electrons. The number of rotatable bonds is 6. The highest BCUT2D eigenvalue weighted by Gasteiger charge is 2.11. The van der Waals surface area contributed by atoms with E-state index in [1.807, 2.05) is 49.4 Å². The molecule has 0 saturated heterocycles. The third-order valence-electron chi connectivity index (χ3n) is 3.71. The molecule has 0 atom stereocenters. The Hall–Kier alpha value is -2.09. The first kappa shape index (κ1) is 15.3. The molecule has 2 heteroatoms. The summed E-state index contributed by atoms with van der Waals surface area (Å²) in [5.41, 5.74) is 3.71. The number of hydrogen-bond acceptors (Lipinski definition) is 2. The zero-order chi connectivity index (χ0) is 15.2. The van der Waals surface area contributed by atoms with Gasteiger partial charge in [-0.15, -0.1) is 0 Å². The van der Waals surface area contributed by atoms with Gasteiger partial charge in [0.05, 0.1) is 7.11 Å². The highest BCUT2D eigenvalue weighted by Crippen LogP contribution is 2.21. The van der Waals surface area contributed by atoms with Gasteiger partial charge >= 0.3 is 0 Å². The van der Waals surface area contributed by atoms with Crippen LogP contribution in [0.2, 0.25) is 0 Å². The van der Waals surface area contributed by atoms with Crippen molar-refractivity contribution in [2.75, 3.05) is 7.11 Å². The third-order valence-corrected chi connectivity index (χ3v) is 3.71.